The van der Waals surface area contributed by atoms with Gasteiger partial charge in [-0.1, -0.05) is 13.0 Å². The smallest absolute Gasteiger partial charge is 0.225 e. The predicted molar refractivity (Wildman–Crippen MR) is 104 cm³/mol. The normalized spacial score (nSPS) is 17.1. The van der Waals surface area contributed by atoms with Gasteiger partial charge >= 0.3 is 0 Å². The van der Waals surface area contributed by atoms with Gasteiger partial charge in [-0.05, 0) is 36.1 Å². The number of rotatable bonds is 7. The zero-order valence-corrected chi connectivity index (χ0v) is 16.2. The number of hydrogen-bond acceptors (Lipinski definition) is 5. The first kappa shape index (κ1) is 18.7. The molecule has 0 saturated heterocycles. The first-order chi connectivity index (χ1) is 12.7. The minimum Gasteiger partial charge on any atom is -0.497 e. The first-order valence-electron chi connectivity index (χ1n) is 9.03. The summed E-state index contributed by atoms with van der Waals surface area (Å²) < 4.78 is 11.5. The van der Waals surface area contributed by atoms with E-state index in [2.05, 4.69) is 17.1 Å². The summed E-state index contributed by atoms with van der Waals surface area (Å²) in [6.07, 6.45) is 1.57. The Hall–Kier alpha value is -2.05. The van der Waals surface area contributed by atoms with E-state index in [9.17, 15) is 4.79 Å². The minimum atomic E-state index is 0.0765. The lowest BCUT2D eigenvalue weighted by atomic mass is 10.2. The van der Waals surface area contributed by atoms with E-state index in [0.29, 0.717) is 13.0 Å². The van der Waals surface area contributed by atoms with E-state index in [1.54, 1.807) is 18.4 Å². The van der Waals surface area contributed by atoms with Crippen LogP contribution in [0, 0.1) is 0 Å². The monoisotopic (exact) mass is 374 g/mol. The van der Waals surface area contributed by atoms with Gasteiger partial charge in [-0.2, -0.15) is 0 Å². The zero-order chi connectivity index (χ0) is 18.4. The van der Waals surface area contributed by atoms with Gasteiger partial charge in [0, 0.05) is 36.6 Å². The molecular formula is C20H26N2O3S. The Bertz CT molecular complexity index is 718. The van der Waals surface area contributed by atoms with Crippen molar-refractivity contribution in [1.29, 1.82) is 0 Å². The highest BCUT2D eigenvalue weighted by molar-refractivity contribution is 7.10. The van der Waals surface area contributed by atoms with Crippen molar-refractivity contribution in [3.05, 3.63) is 46.2 Å². The average Bonchev–Trinajstić information content (AvgIpc) is 3.07. The number of carbonyl (C=O) groups excluding carboxylic acids is 1. The van der Waals surface area contributed by atoms with Crippen molar-refractivity contribution in [3.8, 4) is 11.5 Å². The average molecular weight is 375 g/mol. The summed E-state index contributed by atoms with van der Waals surface area (Å²) in [5.41, 5.74) is 1.13. The summed E-state index contributed by atoms with van der Waals surface area (Å²) in [6.45, 7) is 5.23. The van der Waals surface area contributed by atoms with Crippen LogP contribution in [0.2, 0.25) is 0 Å². The van der Waals surface area contributed by atoms with Crippen LogP contribution in [-0.2, 0) is 17.8 Å². The van der Waals surface area contributed by atoms with E-state index in [1.165, 1.54) is 0 Å². The summed E-state index contributed by atoms with van der Waals surface area (Å²) in [4.78, 5) is 15.5. The molecule has 1 aromatic heterocycles. The van der Waals surface area contributed by atoms with Crippen LogP contribution in [-0.4, -0.2) is 43.7 Å². The first-order valence-corrected chi connectivity index (χ1v) is 9.91. The molecule has 1 amide bonds. The standard InChI is InChI=1S/C20H26N2O3S/c1-3-16-14-22(9-8-21-20(23)12-18-5-4-10-26-18)13-15-11-17(24-2)6-7-19(15)25-16/h4-7,10-11,16H,3,8-9,12-14H2,1-2H3,(H,21,23)/t16-/m1/s1. The third kappa shape index (κ3) is 4.99. The van der Waals surface area contributed by atoms with Gasteiger partial charge in [0.2, 0.25) is 5.91 Å². The van der Waals surface area contributed by atoms with Crippen LogP contribution in [0.4, 0.5) is 0 Å². The summed E-state index contributed by atoms with van der Waals surface area (Å²) in [5.74, 6) is 1.85. The Morgan fingerprint density at radius 3 is 3.04 bits per heavy atom. The van der Waals surface area contributed by atoms with Crippen molar-refractivity contribution in [2.45, 2.75) is 32.4 Å². The predicted octanol–water partition coefficient (Wildman–Crippen LogP) is 3.09. The molecule has 0 bridgehead atoms. The second-order valence-corrected chi connectivity index (χ2v) is 7.50. The van der Waals surface area contributed by atoms with E-state index in [4.69, 9.17) is 9.47 Å². The molecule has 0 aliphatic carbocycles. The van der Waals surface area contributed by atoms with Crippen LogP contribution in [0.5, 0.6) is 11.5 Å². The molecule has 3 rings (SSSR count). The number of amides is 1. The lowest BCUT2D eigenvalue weighted by Crippen LogP contribution is -2.38. The third-order valence-corrected chi connectivity index (χ3v) is 5.41. The van der Waals surface area contributed by atoms with Crippen molar-refractivity contribution in [3.63, 3.8) is 0 Å². The van der Waals surface area contributed by atoms with E-state index in [1.807, 2.05) is 35.7 Å². The highest BCUT2D eigenvalue weighted by atomic mass is 32.1. The molecule has 1 aromatic carbocycles. The summed E-state index contributed by atoms with van der Waals surface area (Å²) in [5, 5.41) is 5.03. The fraction of sp³-hybridized carbons (Fsp3) is 0.450. The molecule has 0 fully saturated rings. The highest BCUT2D eigenvalue weighted by Gasteiger charge is 2.22. The SMILES string of the molecule is CC[C@@H]1CN(CCNC(=O)Cc2cccs2)Cc2cc(OC)ccc2O1. The van der Waals surface area contributed by atoms with Gasteiger partial charge in [0.25, 0.3) is 0 Å². The molecule has 0 radical (unpaired) electrons. The van der Waals surface area contributed by atoms with Gasteiger partial charge in [0.15, 0.2) is 0 Å². The second kappa shape index (κ2) is 9.05. The molecule has 2 heterocycles. The topological polar surface area (TPSA) is 50.8 Å². The molecule has 140 valence electrons. The Balaban J connectivity index is 1.57. The fourth-order valence-electron chi connectivity index (χ4n) is 3.10. The number of nitrogens with zero attached hydrogens (tertiary/aromatic N) is 1. The summed E-state index contributed by atoms with van der Waals surface area (Å²) >= 11 is 1.61. The van der Waals surface area contributed by atoms with E-state index < -0.39 is 0 Å². The van der Waals surface area contributed by atoms with Gasteiger partial charge in [-0.3, -0.25) is 9.69 Å². The molecule has 2 aromatic rings. The molecule has 0 spiro atoms. The van der Waals surface area contributed by atoms with Gasteiger partial charge in [0.1, 0.15) is 17.6 Å². The van der Waals surface area contributed by atoms with E-state index >= 15 is 0 Å². The molecule has 0 unspecified atom stereocenters. The minimum absolute atomic E-state index is 0.0765. The molecule has 1 atom stereocenters. The molecule has 0 saturated carbocycles. The fourth-order valence-corrected chi connectivity index (χ4v) is 3.81. The van der Waals surface area contributed by atoms with Crippen molar-refractivity contribution in [2.75, 3.05) is 26.7 Å². The van der Waals surface area contributed by atoms with Crippen LogP contribution >= 0.6 is 11.3 Å². The van der Waals surface area contributed by atoms with E-state index in [-0.39, 0.29) is 12.0 Å². The van der Waals surface area contributed by atoms with Crippen LogP contribution in [0.3, 0.4) is 0 Å². The van der Waals surface area contributed by atoms with Gasteiger partial charge in [-0.15, -0.1) is 11.3 Å². The van der Waals surface area contributed by atoms with E-state index in [0.717, 1.165) is 48.0 Å². The van der Waals surface area contributed by atoms with Crippen LogP contribution in [0.25, 0.3) is 0 Å². The Morgan fingerprint density at radius 1 is 1.42 bits per heavy atom. The van der Waals surface area contributed by atoms with Crippen molar-refractivity contribution in [1.82, 2.24) is 10.2 Å². The highest BCUT2D eigenvalue weighted by Crippen LogP contribution is 2.29. The largest absolute Gasteiger partial charge is 0.497 e. The number of benzene rings is 1. The summed E-state index contributed by atoms with van der Waals surface area (Å²) in [6, 6.07) is 9.93. The number of thiophene rings is 1. The maximum Gasteiger partial charge on any atom is 0.225 e. The lowest BCUT2D eigenvalue weighted by Gasteiger charge is -2.23. The van der Waals surface area contributed by atoms with Crippen LogP contribution in [0.15, 0.2) is 35.7 Å². The van der Waals surface area contributed by atoms with Crippen molar-refractivity contribution in [2.24, 2.45) is 0 Å². The molecule has 26 heavy (non-hydrogen) atoms. The van der Waals surface area contributed by atoms with Crippen LogP contribution < -0.4 is 14.8 Å². The van der Waals surface area contributed by atoms with Gasteiger partial charge in [-0.25, -0.2) is 0 Å². The molecule has 5 nitrogen and oxygen atoms in total. The number of ether oxygens (including phenoxy) is 2. The number of hydrogen-bond donors (Lipinski definition) is 1. The molecule has 1 aliphatic rings. The molecule has 1 N–H and O–H groups in total. The van der Waals surface area contributed by atoms with Gasteiger partial charge < -0.3 is 14.8 Å². The Kier molecular flexibility index (Phi) is 6.52. The third-order valence-electron chi connectivity index (χ3n) is 4.54. The number of fused-ring (bicyclic) bond motifs is 1. The molecule has 1 aliphatic heterocycles. The number of carbonyl (C=O) groups is 1. The molecule has 6 heteroatoms. The Morgan fingerprint density at radius 2 is 2.31 bits per heavy atom. The molecular weight excluding hydrogens is 348 g/mol. The van der Waals surface area contributed by atoms with Crippen molar-refractivity contribution >= 4 is 17.2 Å². The maximum absolute atomic E-state index is 12.1. The van der Waals surface area contributed by atoms with Crippen molar-refractivity contribution < 1.29 is 14.3 Å². The zero-order valence-electron chi connectivity index (χ0n) is 15.4. The quantitative estimate of drug-likeness (QED) is 0.809. The number of nitrogens with one attached hydrogen (secondary N) is 1. The van der Waals surface area contributed by atoms with Gasteiger partial charge in [0.05, 0.1) is 13.5 Å². The maximum atomic E-state index is 12.1. The lowest BCUT2D eigenvalue weighted by molar-refractivity contribution is -0.120. The Labute approximate surface area is 158 Å². The summed E-state index contributed by atoms with van der Waals surface area (Å²) in [7, 11) is 1.68. The second-order valence-electron chi connectivity index (χ2n) is 6.46. The van der Waals surface area contributed by atoms with Crippen LogP contribution in [0.1, 0.15) is 23.8 Å². The number of methoxy groups -OCH3 is 1.